The number of benzene rings is 1. The number of carboxylic acid groups (broad SMARTS) is 1. The van der Waals surface area contributed by atoms with Gasteiger partial charge in [0.1, 0.15) is 12.6 Å². The summed E-state index contributed by atoms with van der Waals surface area (Å²) in [6.45, 7) is 1.53. The average molecular weight is 382 g/mol. The highest BCUT2D eigenvalue weighted by molar-refractivity contribution is 7.89. The summed E-state index contributed by atoms with van der Waals surface area (Å²) in [5.74, 6) is -2.87. The Labute approximate surface area is 142 Å². The van der Waals surface area contributed by atoms with Crippen LogP contribution in [-0.2, 0) is 14.8 Å². The molecule has 11 heteroatoms. The first-order valence-electron chi connectivity index (χ1n) is 7.03. The largest absolute Gasteiger partial charge is 0.480 e. The van der Waals surface area contributed by atoms with Gasteiger partial charge in [0.15, 0.2) is 0 Å². The molecule has 0 saturated carbocycles. The van der Waals surface area contributed by atoms with Gasteiger partial charge in [-0.25, -0.2) is 8.42 Å². The van der Waals surface area contributed by atoms with Crippen LogP contribution in [0.4, 0.5) is 13.2 Å². The minimum Gasteiger partial charge on any atom is -0.480 e. The molecule has 0 saturated heterocycles. The van der Waals surface area contributed by atoms with Gasteiger partial charge in [0, 0.05) is 5.56 Å². The Morgan fingerprint density at radius 1 is 1.16 bits per heavy atom. The number of hydrogen-bond donors (Lipinski definition) is 3. The van der Waals surface area contributed by atoms with E-state index in [1.807, 2.05) is 4.72 Å². The molecule has 1 rings (SSSR count). The summed E-state index contributed by atoms with van der Waals surface area (Å²) in [5, 5.41) is 10.7. The Balaban J connectivity index is 2.90. The predicted molar refractivity (Wildman–Crippen MR) is 81.4 cm³/mol. The number of nitrogens with one attached hydrogen (secondary N) is 2. The monoisotopic (exact) mass is 382 g/mol. The number of hydrogen-bond acceptors (Lipinski definition) is 4. The third kappa shape index (κ3) is 6.35. The van der Waals surface area contributed by atoms with Crippen LogP contribution in [0.1, 0.15) is 24.2 Å². The van der Waals surface area contributed by atoms with Crippen LogP contribution in [0.3, 0.4) is 0 Å². The number of sulfonamides is 1. The molecule has 1 aromatic rings. The zero-order valence-electron chi connectivity index (χ0n) is 13.3. The van der Waals surface area contributed by atoms with Crippen molar-refractivity contribution in [2.75, 3.05) is 6.54 Å². The lowest BCUT2D eigenvalue weighted by atomic mass is 10.1. The van der Waals surface area contributed by atoms with E-state index in [2.05, 4.69) is 0 Å². The molecular weight excluding hydrogens is 365 g/mol. The van der Waals surface area contributed by atoms with Gasteiger partial charge in [0.2, 0.25) is 10.0 Å². The lowest BCUT2D eigenvalue weighted by molar-refractivity contribution is -0.140. The molecule has 1 atom stereocenters. The predicted octanol–water partition coefficient (Wildman–Crippen LogP) is 1.37. The zero-order valence-corrected chi connectivity index (χ0v) is 14.1. The van der Waals surface area contributed by atoms with Crippen molar-refractivity contribution >= 4 is 21.9 Å². The van der Waals surface area contributed by atoms with Gasteiger partial charge in [-0.05, 0) is 30.2 Å². The van der Waals surface area contributed by atoms with Crippen molar-refractivity contribution in [1.82, 2.24) is 10.0 Å². The molecule has 0 aromatic heterocycles. The third-order valence-corrected chi connectivity index (χ3v) is 4.55. The van der Waals surface area contributed by atoms with Crippen molar-refractivity contribution in [3.05, 3.63) is 29.8 Å². The first-order chi connectivity index (χ1) is 11.3. The second-order valence-corrected chi connectivity index (χ2v) is 7.22. The number of rotatable bonds is 7. The van der Waals surface area contributed by atoms with E-state index in [1.54, 1.807) is 5.32 Å². The van der Waals surface area contributed by atoms with E-state index >= 15 is 0 Å². The molecule has 0 heterocycles. The summed E-state index contributed by atoms with van der Waals surface area (Å²) in [5.41, 5.74) is -0.165. The minimum atomic E-state index is -4.56. The van der Waals surface area contributed by atoms with Crippen LogP contribution in [0.15, 0.2) is 29.2 Å². The minimum absolute atomic E-state index is 0.165. The van der Waals surface area contributed by atoms with Crippen LogP contribution in [0.25, 0.3) is 0 Å². The van der Waals surface area contributed by atoms with Crippen molar-refractivity contribution < 1.29 is 36.3 Å². The van der Waals surface area contributed by atoms with Crippen molar-refractivity contribution in [2.24, 2.45) is 5.92 Å². The first-order valence-corrected chi connectivity index (χ1v) is 8.52. The van der Waals surface area contributed by atoms with Crippen LogP contribution in [0.2, 0.25) is 0 Å². The molecule has 140 valence electrons. The second kappa shape index (κ2) is 7.83. The molecule has 0 radical (unpaired) electrons. The Hall–Kier alpha value is -2.14. The standard InChI is InChI=1S/C14H17F3N2O5S/c1-8(2)11(13(21)22)19-25(23,24)10-5-3-9(4-6-10)12(20)18-7-14(15,16)17/h3-6,8,11,19H,7H2,1-2H3,(H,18,20)(H,21,22)/t11-/m1/s1. The molecule has 0 aliphatic heterocycles. The van der Waals surface area contributed by atoms with Crippen molar-refractivity contribution in [3.63, 3.8) is 0 Å². The van der Waals surface area contributed by atoms with Gasteiger partial charge in [-0.15, -0.1) is 0 Å². The van der Waals surface area contributed by atoms with E-state index in [1.165, 1.54) is 13.8 Å². The molecule has 0 spiro atoms. The maximum Gasteiger partial charge on any atom is 0.405 e. The van der Waals surface area contributed by atoms with E-state index in [9.17, 15) is 31.2 Å². The van der Waals surface area contributed by atoms with Crippen LogP contribution in [-0.4, -0.2) is 44.2 Å². The quantitative estimate of drug-likeness (QED) is 0.659. The normalized spacial score (nSPS) is 13.5. The molecule has 0 fully saturated rings. The molecule has 0 bridgehead atoms. The highest BCUT2D eigenvalue weighted by Crippen LogP contribution is 2.15. The summed E-state index contributed by atoms with van der Waals surface area (Å²) < 4.78 is 62.5. The summed E-state index contributed by atoms with van der Waals surface area (Å²) >= 11 is 0. The van der Waals surface area contributed by atoms with Crippen LogP contribution >= 0.6 is 0 Å². The highest BCUT2D eigenvalue weighted by Gasteiger charge is 2.29. The number of carbonyl (C=O) groups excluding carboxylic acids is 1. The Kier molecular flexibility index (Phi) is 6.54. The lowest BCUT2D eigenvalue weighted by Crippen LogP contribution is -2.44. The van der Waals surface area contributed by atoms with E-state index in [4.69, 9.17) is 5.11 Å². The molecule has 1 aromatic carbocycles. The smallest absolute Gasteiger partial charge is 0.405 e. The number of carbonyl (C=O) groups is 2. The fraction of sp³-hybridized carbons (Fsp3) is 0.429. The Bertz CT molecular complexity index is 730. The summed E-state index contributed by atoms with van der Waals surface area (Å²) in [4.78, 5) is 22.3. The van der Waals surface area contributed by atoms with Crippen molar-refractivity contribution in [2.45, 2.75) is 31.0 Å². The lowest BCUT2D eigenvalue weighted by Gasteiger charge is -2.18. The van der Waals surface area contributed by atoms with Gasteiger partial charge in [-0.2, -0.15) is 17.9 Å². The molecule has 7 nitrogen and oxygen atoms in total. The van der Waals surface area contributed by atoms with Gasteiger partial charge in [-0.3, -0.25) is 9.59 Å². The summed E-state index contributed by atoms with van der Waals surface area (Å²) in [6, 6.07) is 2.73. The van der Waals surface area contributed by atoms with Crippen LogP contribution in [0, 0.1) is 5.92 Å². The average Bonchev–Trinajstić information content (AvgIpc) is 2.49. The molecule has 0 unspecified atom stereocenters. The number of amides is 1. The molecule has 3 N–H and O–H groups in total. The molecule has 0 aliphatic rings. The van der Waals surface area contributed by atoms with Crippen LogP contribution in [0.5, 0.6) is 0 Å². The molecule has 1 amide bonds. The maximum absolute atomic E-state index is 12.2. The first kappa shape index (κ1) is 20.9. The third-order valence-electron chi connectivity index (χ3n) is 3.09. The highest BCUT2D eigenvalue weighted by atomic mass is 32.2. The topological polar surface area (TPSA) is 113 Å². The van der Waals surface area contributed by atoms with E-state index in [-0.39, 0.29) is 10.5 Å². The fourth-order valence-corrected chi connectivity index (χ4v) is 3.11. The Morgan fingerprint density at radius 3 is 2.08 bits per heavy atom. The van der Waals surface area contributed by atoms with Crippen molar-refractivity contribution in [3.8, 4) is 0 Å². The number of alkyl halides is 3. The maximum atomic E-state index is 12.2. The zero-order chi connectivity index (χ0) is 19.4. The summed E-state index contributed by atoms with van der Waals surface area (Å²) in [7, 11) is -4.17. The summed E-state index contributed by atoms with van der Waals surface area (Å²) in [6.07, 6.45) is -4.56. The Morgan fingerprint density at radius 2 is 1.68 bits per heavy atom. The van der Waals surface area contributed by atoms with E-state index in [0.717, 1.165) is 24.3 Å². The van der Waals surface area contributed by atoms with Crippen LogP contribution < -0.4 is 10.0 Å². The van der Waals surface area contributed by atoms with Gasteiger partial charge >= 0.3 is 12.1 Å². The van der Waals surface area contributed by atoms with Gasteiger partial charge in [0.05, 0.1) is 4.90 Å². The second-order valence-electron chi connectivity index (χ2n) is 5.50. The number of carboxylic acids is 1. The van der Waals surface area contributed by atoms with Gasteiger partial charge in [-0.1, -0.05) is 13.8 Å². The van der Waals surface area contributed by atoms with E-state index < -0.39 is 46.6 Å². The molecule has 0 aliphatic carbocycles. The van der Waals surface area contributed by atoms with Crippen molar-refractivity contribution in [1.29, 1.82) is 0 Å². The number of aliphatic carboxylic acids is 1. The van der Waals surface area contributed by atoms with E-state index in [0.29, 0.717) is 0 Å². The van der Waals surface area contributed by atoms with Gasteiger partial charge < -0.3 is 10.4 Å². The fourth-order valence-electron chi connectivity index (χ4n) is 1.77. The van der Waals surface area contributed by atoms with Gasteiger partial charge in [0.25, 0.3) is 5.91 Å². The SMILES string of the molecule is CC(C)[C@@H](NS(=O)(=O)c1ccc(C(=O)NCC(F)(F)F)cc1)C(=O)O. The molecular formula is C14H17F3N2O5S. The molecule has 25 heavy (non-hydrogen) atoms. The number of halogens is 3.